The highest BCUT2D eigenvalue weighted by atomic mass is 32.1. The summed E-state index contributed by atoms with van der Waals surface area (Å²) in [5.74, 6) is 0.0352. The lowest BCUT2D eigenvalue weighted by Crippen LogP contribution is -1.91. The van der Waals surface area contributed by atoms with Gasteiger partial charge in [0.25, 0.3) is 0 Å². The average molecular weight is 207 g/mol. The zero-order valence-corrected chi connectivity index (χ0v) is 8.41. The molecule has 0 saturated carbocycles. The van der Waals surface area contributed by atoms with E-state index in [0.29, 0.717) is 10.6 Å². The van der Waals surface area contributed by atoms with E-state index >= 15 is 0 Å². The first-order valence-electron chi connectivity index (χ1n) is 4.07. The lowest BCUT2D eigenvalue weighted by Gasteiger charge is -1.97. The van der Waals surface area contributed by atoms with E-state index in [0.717, 1.165) is 5.00 Å². The number of imidazole rings is 1. The van der Waals surface area contributed by atoms with Crippen molar-refractivity contribution >= 4 is 22.8 Å². The van der Waals surface area contributed by atoms with Crippen LogP contribution in [0.4, 0.5) is 5.69 Å². The molecule has 0 fully saturated rings. The van der Waals surface area contributed by atoms with Crippen molar-refractivity contribution in [2.24, 2.45) is 0 Å². The van der Waals surface area contributed by atoms with Crippen LogP contribution in [0.2, 0.25) is 0 Å². The number of hydrogen-bond acceptors (Lipinski definition) is 4. The summed E-state index contributed by atoms with van der Waals surface area (Å²) in [6.45, 7) is 1.53. The molecular formula is C9H9N3OS. The predicted molar refractivity (Wildman–Crippen MR) is 55.9 cm³/mol. The first kappa shape index (κ1) is 8.96. The zero-order chi connectivity index (χ0) is 10.1. The minimum Gasteiger partial charge on any atom is -0.396 e. The fourth-order valence-electron chi connectivity index (χ4n) is 1.15. The molecule has 0 aliphatic heterocycles. The van der Waals surface area contributed by atoms with Crippen LogP contribution in [0.25, 0.3) is 5.00 Å². The topological polar surface area (TPSA) is 60.9 Å². The molecule has 0 aliphatic rings. The molecule has 2 rings (SSSR count). The van der Waals surface area contributed by atoms with Gasteiger partial charge in [-0.15, -0.1) is 11.3 Å². The molecule has 72 valence electrons. The number of hydrogen-bond donors (Lipinski definition) is 1. The normalized spacial score (nSPS) is 10.4. The number of rotatable bonds is 2. The number of anilines is 1. The summed E-state index contributed by atoms with van der Waals surface area (Å²) >= 11 is 1.37. The Hall–Kier alpha value is -1.62. The molecule has 0 saturated heterocycles. The Morgan fingerprint density at radius 2 is 2.43 bits per heavy atom. The van der Waals surface area contributed by atoms with Crippen molar-refractivity contribution in [2.45, 2.75) is 6.92 Å². The summed E-state index contributed by atoms with van der Waals surface area (Å²) in [4.78, 5) is 15.7. The van der Waals surface area contributed by atoms with Gasteiger partial charge in [-0.2, -0.15) is 0 Å². The summed E-state index contributed by atoms with van der Waals surface area (Å²) in [5, 5.41) is 0.840. The molecule has 4 nitrogen and oxygen atoms in total. The molecule has 0 unspecified atom stereocenters. The number of carbonyl (C=O) groups excluding carboxylic acids is 1. The lowest BCUT2D eigenvalue weighted by molar-refractivity contribution is 0.102. The maximum absolute atomic E-state index is 11.1. The van der Waals surface area contributed by atoms with E-state index in [1.807, 2.05) is 0 Å². The fraction of sp³-hybridized carbons (Fsp3) is 0.111. The Labute approximate surface area is 85.0 Å². The van der Waals surface area contributed by atoms with Gasteiger partial charge in [0.1, 0.15) is 5.00 Å². The van der Waals surface area contributed by atoms with Crippen molar-refractivity contribution in [1.82, 2.24) is 9.55 Å². The molecule has 0 radical (unpaired) electrons. The largest absolute Gasteiger partial charge is 0.396 e. The Bertz CT molecular complexity index is 458. The number of nitrogen functional groups attached to an aromatic ring is 1. The van der Waals surface area contributed by atoms with Crippen LogP contribution in [-0.2, 0) is 0 Å². The SMILES string of the molecule is CC(=O)c1cc(N)c(-n2ccnc2)s1. The van der Waals surface area contributed by atoms with E-state index in [1.54, 1.807) is 29.4 Å². The number of nitrogens with two attached hydrogens (primary N) is 1. The van der Waals surface area contributed by atoms with Crippen LogP contribution < -0.4 is 5.73 Å². The Morgan fingerprint density at radius 1 is 1.64 bits per heavy atom. The summed E-state index contributed by atoms with van der Waals surface area (Å²) in [6.07, 6.45) is 5.13. The van der Waals surface area contributed by atoms with E-state index in [9.17, 15) is 4.79 Å². The van der Waals surface area contributed by atoms with Crippen LogP contribution in [0.1, 0.15) is 16.6 Å². The molecule has 0 amide bonds. The number of nitrogens with zero attached hydrogens (tertiary/aromatic N) is 2. The highest BCUT2D eigenvalue weighted by Crippen LogP contribution is 2.28. The van der Waals surface area contributed by atoms with Gasteiger partial charge < -0.3 is 5.73 Å². The van der Waals surface area contributed by atoms with E-state index in [4.69, 9.17) is 5.73 Å². The first-order valence-corrected chi connectivity index (χ1v) is 4.88. The fourth-order valence-corrected chi connectivity index (χ4v) is 2.08. The van der Waals surface area contributed by atoms with Crippen molar-refractivity contribution in [3.63, 3.8) is 0 Å². The molecule has 2 N–H and O–H groups in total. The van der Waals surface area contributed by atoms with Crippen molar-refractivity contribution in [3.05, 3.63) is 29.7 Å². The second-order valence-electron chi connectivity index (χ2n) is 2.90. The summed E-state index contributed by atoms with van der Waals surface area (Å²) < 4.78 is 1.80. The number of Topliss-reactive ketones (excluding diaryl/α,β-unsaturated/α-hetero) is 1. The average Bonchev–Trinajstić information content (AvgIpc) is 2.71. The monoisotopic (exact) mass is 207 g/mol. The van der Waals surface area contributed by atoms with Crippen LogP contribution in [-0.4, -0.2) is 15.3 Å². The number of thiophene rings is 1. The summed E-state index contributed by atoms with van der Waals surface area (Å²) in [7, 11) is 0. The van der Waals surface area contributed by atoms with Gasteiger partial charge in [0.05, 0.1) is 16.9 Å². The Kier molecular flexibility index (Phi) is 2.09. The standard InChI is InChI=1S/C9H9N3OS/c1-6(13)8-4-7(10)9(14-8)12-3-2-11-5-12/h2-5H,10H2,1H3. The molecule has 14 heavy (non-hydrogen) atoms. The van der Waals surface area contributed by atoms with Gasteiger partial charge in [-0.25, -0.2) is 4.98 Å². The molecule has 0 aliphatic carbocycles. The number of aromatic nitrogens is 2. The van der Waals surface area contributed by atoms with E-state index in [-0.39, 0.29) is 5.78 Å². The molecule has 0 spiro atoms. The van der Waals surface area contributed by atoms with Crippen LogP contribution in [0.5, 0.6) is 0 Å². The van der Waals surface area contributed by atoms with E-state index < -0.39 is 0 Å². The highest BCUT2D eigenvalue weighted by Gasteiger charge is 2.10. The van der Waals surface area contributed by atoms with E-state index in [1.165, 1.54) is 18.3 Å². The number of carbonyl (C=O) groups is 1. The second-order valence-corrected chi connectivity index (χ2v) is 3.93. The third-order valence-electron chi connectivity index (χ3n) is 1.83. The van der Waals surface area contributed by atoms with Crippen molar-refractivity contribution < 1.29 is 4.79 Å². The quantitative estimate of drug-likeness (QED) is 0.763. The van der Waals surface area contributed by atoms with Gasteiger partial charge in [-0.1, -0.05) is 0 Å². The van der Waals surface area contributed by atoms with Crippen molar-refractivity contribution in [1.29, 1.82) is 0 Å². The molecule has 5 heteroatoms. The van der Waals surface area contributed by atoms with Gasteiger partial charge in [0.2, 0.25) is 0 Å². The van der Waals surface area contributed by atoms with Gasteiger partial charge in [-0.3, -0.25) is 9.36 Å². The highest BCUT2D eigenvalue weighted by molar-refractivity contribution is 7.17. The lowest BCUT2D eigenvalue weighted by atomic mass is 10.3. The maximum atomic E-state index is 11.1. The third-order valence-corrected chi connectivity index (χ3v) is 3.09. The second kappa shape index (κ2) is 3.26. The van der Waals surface area contributed by atoms with Crippen LogP contribution in [0, 0.1) is 0 Å². The third kappa shape index (κ3) is 1.42. The molecule has 0 bridgehead atoms. The maximum Gasteiger partial charge on any atom is 0.169 e. The molecule has 2 heterocycles. The summed E-state index contributed by atoms with van der Waals surface area (Å²) in [5.41, 5.74) is 6.39. The Morgan fingerprint density at radius 3 is 2.93 bits per heavy atom. The Balaban J connectivity index is 2.50. The molecule has 0 atom stereocenters. The van der Waals surface area contributed by atoms with Gasteiger partial charge >= 0.3 is 0 Å². The van der Waals surface area contributed by atoms with Crippen LogP contribution in [0.15, 0.2) is 24.8 Å². The minimum atomic E-state index is 0.0352. The predicted octanol–water partition coefficient (Wildman–Crippen LogP) is 1.72. The molecule has 0 aromatic carbocycles. The molecule has 2 aromatic rings. The van der Waals surface area contributed by atoms with Gasteiger partial charge in [0.15, 0.2) is 5.78 Å². The molecular weight excluding hydrogens is 198 g/mol. The summed E-state index contributed by atoms with van der Waals surface area (Å²) in [6, 6.07) is 1.70. The van der Waals surface area contributed by atoms with Crippen molar-refractivity contribution in [2.75, 3.05) is 5.73 Å². The smallest absolute Gasteiger partial charge is 0.169 e. The van der Waals surface area contributed by atoms with Gasteiger partial charge in [0, 0.05) is 12.4 Å². The zero-order valence-electron chi connectivity index (χ0n) is 7.60. The first-order chi connectivity index (χ1) is 6.68. The van der Waals surface area contributed by atoms with Crippen LogP contribution >= 0.6 is 11.3 Å². The van der Waals surface area contributed by atoms with Crippen LogP contribution in [0.3, 0.4) is 0 Å². The van der Waals surface area contributed by atoms with E-state index in [2.05, 4.69) is 4.98 Å². The molecule has 2 aromatic heterocycles. The van der Waals surface area contributed by atoms with Crippen molar-refractivity contribution in [3.8, 4) is 5.00 Å². The number of ketones is 1. The van der Waals surface area contributed by atoms with Gasteiger partial charge in [-0.05, 0) is 13.0 Å². The minimum absolute atomic E-state index is 0.0352.